The summed E-state index contributed by atoms with van der Waals surface area (Å²) in [6.07, 6.45) is 1.47. The van der Waals surface area contributed by atoms with E-state index in [1.807, 2.05) is 35.9 Å². The van der Waals surface area contributed by atoms with Crippen LogP contribution in [-0.4, -0.2) is 33.3 Å². The number of benzene rings is 2. The number of aliphatic hydroxyl groups excluding tert-OH is 1. The molecular formula is C18H21N3O2. The van der Waals surface area contributed by atoms with Crippen molar-refractivity contribution in [2.45, 2.75) is 26.3 Å². The van der Waals surface area contributed by atoms with E-state index in [2.05, 4.69) is 28.5 Å². The molecule has 0 unspecified atom stereocenters. The van der Waals surface area contributed by atoms with Crippen LogP contribution in [-0.2, 0) is 13.0 Å². The van der Waals surface area contributed by atoms with Crippen LogP contribution in [0.4, 0.5) is 0 Å². The Morgan fingerprint density at radius 1 is 1.13 bits per heavy atom. The Bertz CT molecular complexity index is 778. The van der Waals surface area contributed by atoms with Crippen molar-refractivity contribution >= 4 is 10.8 Å². The molecule has 1 aromatic heterocycles. The van der Waals surface area contributed by atoms with Gasteiger partial charge in [-0.15, -0.1) is 5.10 Å². The van der Waals surface area contributed by atoms with E-state index in [9.17, 15) is 0 Å². The minimum Gasteiger partial charge on any atom is -0.491 e. The highest BCUT2D eigenvalue weighted by Crippen LogP contribution is 2.25. The molecule has 5 heteroatoms. The number of hydrogen-bond donors (Lipinski definition) is 1. The molecule has 0 aliphatic heterocycles. The molecule has 0 saturated heterocycles. The van der Waals surface area contributed by atoms with Crippen LogP contribution in [0.1, 0.15) is 17.8 Å². The van der Waals surface area contributed by atoms with Crippen LogP contribution >= 0.6 is 0 Å². The molecule has 1 heterocycles. The van der Waals surface area contributed by atoms with E-state index in [0.717, 1.165) is 28.9 Å². The number of fused-ring (bicyclic) bond motifs is 1. The van der Waals surface area contributed by atoms with Gasteiger partial charge in [0, 0.05) is 12.0 Å². The van der Waals surface area contributed by atoms with E-state index >= 15 is 0 Å². The third-order valence-electron chi connectivity index (χ3n) is 3.96. The zero-order valence-corrected chi connectivity index (χ0v) is 13.3. The maximum Gasteiger partial charge on any atom is 0.127 e. The summed E-state index contributed by atoms with van der Waals surface area (Å²) in [7, 11) is 0. The van der Waals surface area contributed by atoms with Gasteiger partial charge in [0.25, 0.3) is 0 Å². The average molecular weight is 311 g/mol. The fourth-order valence-corrected chi connectivity index (χ4v) is 2.65. The van der Waals surface area contributed by atoms with E-state index in [1.165, 1.54) is 5.39 Å². The number of aromatic nitrogens is 3. The second-order valence-electron chi connectivity index (χ2n) is 5.50. The quantitative estimate of drug-likeness (QED) is 0.729. The molecule has 0 aliphatic carbocycles. The van der Waals surface area contributed by atoms with Gasteiger partial charge in [-0.2, -0.15) is 0 Å². The zero-order valence-electron chi connectivity index (χ0n) is 13.3. The van der Waals surface area contributed by atoms with E-state index in [0.29, 0.717) is 19.6 Å². The third kappa shape index (κ3) is 3.51. The van der Waals surface area contributed by atoms with Gasteiger partial charge in [-0.1, -0.05) is 41.6 Å². The Kier molecular flexibility index (Phi) is 4.88. The van der Waals surface area contributed by atoms with Crippen molar-refractivity contribution in [2.75, 3.05) is 13.2 Å². The van der Waals surface area contributed by atoms with Crippen molar-refractivity contribution in [3.8, 4) is 5.75 Å². The van der Waals surface area contributed by atoms with Gasteiger partial charge in [-0.3, -0.25) is 0 Å². The van der Waals surface area contributed by atoms with E-state index < -0.39 is 0 Å². The van der Waals surface area contributed by atoms with Crippen LogP contribution in [0.3, 0.4) is 0 Å². The lowest BCUT2D eigenvalue weighted by molar-refractivity contribution is 0.287. The fourth-order valence-electron chi connectivity index (χ4n) is 2.65. The average Bonchev–Trinajstić information content (AvgIpc) is 2.93. The highest BCUT2D eigenvalue weighted by molar-refractivity contribution is 5.88. The van der Waals surface area contributed by atoms with Crippen LogP contribution in [0, 0.1) is 6.92 Å². The van der Waals surface area contributed by atoms with Gasteiger partial charge in [0.2, 0.25) is 0 Å². The van der Waals surface area contributed by atoms with Crippen molar-refractivity contribution < 1.29 is 9.84 Å². The van der Waals surface area contributed by atoms with Crippen LogP contribution in [0.15, 0.2) is 42.5 Å². The van der Waals surface area contributed by atoms with Gasteiger partial charge < -0.3 is 9.84 Å². The topological polar surface area (TPSA) is 60.2 Å². The summed E-state index contributed by atoms with van der Waals surface area (Å²) in [6.45, 7) is 3.37. The molecule has 3 rings (SSSR count). The Morgan fingerprint density at radius 2 is 1.96 bits per heavy atom. The molecule has 0 aliphatic rings. The summed E-state index contributed by atoms with van der Waals surface area (Å²) in [5, 5.41) is 19.5. The van der Waals surface area contributed by atoms with Crippen molar-refractivity contribution in [1.29, 1.82) is 0 Å². The molecule has 23 heavy (non-hydrogen) atoms. The van der Waals surface area contributed by atoms with Crippen LogP contribution in [0.25, 0.3) is 10.8 Å². The number of aliphatic hydroxyl groups is 1. The second-order valence-corrected chi connectivity index (χ2v) is 5.50. The third-order valence-corrected chi connectivity index (χ3v) is 3.96. The summed E-state index contributed by atoms with van der Waals surface area (Å²) in [4.78, 5) is 0. The fraction of sp³-hybridized carbons (Fsp3) is 0.333. The van der Waals surface area contributed by atoms with E-state index in [1.54, 1.807) is 0 Å². The van der Waals surface area contributed by atoms with Gasteiger partial charge in [0.1, 0.15) is 12.4 Å². The lowest BCUT2D eigenvalue weighted by Gasteiger charge is -2.10. The number of hydrogen-bond acceptors (Lipinski definition) is 4. The van der Waals surface area contributed by atoms with Crippen molar-refractivity contribution in [3.63, 3.8) is 0 Å². The van der Waals surface area contributed by atoms with Crippen molar-refractivity contribution in [3.05, 3.63) is 53.9 Å². The molecule has 0 atom stereocenters. The van der Waals surface area contributed by atoms with Crippen molar-refractivity contribution in [2.24, 2.45) is 0 Å². The number of rotatable bonds is 7. The first kappa shape index (κ1) is 15.5. The minimum atomic E-state index is 0.177. The number of ether oxygens (including phenoxy) is 1. The molecule has 0 spiro atoms. The predicted molar refractivity (Wildman–Crippen MR) is 89.6 cm³/mol. The normalized spacial score (nSPS) is 11.0. The SMILES string of the molecule is Cc1c(CCCO)nnn1CCOc1cccc2ccccc12. The lowest BCUT2D eigenvalue weighted by atomic mass is 10.1. The van der Waals surface area contributed by atoms with E-state index in [4.69, 9.17) is 9.84 Å². The molecule has 0 fully saturated rings. The van der Waals surface area contributed by atoms with Gasteiger partial charge >= 0.3 is 0 Å². The smallest absolute Gasteiger partial charge is 0.127 e. The molecule has 0 radical (unpaired) electrons. The molecule has 0 amide bonds. The maximum atomic E-state index is 8.90. The maximum absolute atomic E-state index is 8.90. The van der Waals surface area contributed by atoms with Gasteiger partial charge in [0.15, 0.2) is 0 Å². The van der Waals surface area contributed by atoms with Gasteiger partial charge in [0.05, 0.1) is 17.9 Å². The van der Waals surface area contributed by atoms with Gasteiger partial charge in [-0.05, 0) is 31.2 Å². The largest absolute Gasteiger partial charge is 0.491 e. The summed E-state index contributed by atoms with van der Waals surface area (Å²) >= 11 is 0. The van der Waals surface area contributed by atoms with Crippen molar-refractivity contribution in [1.82, 2.24) is 15.0 Å². The first-order valence-electron chi connectivity index (χ1n) is 7.90. The Morgan fingerprint density at radius 3 is 2.83 bits per heavy atom. The Balaban J connectivity index is 1.64. The monoisotopic (exact) mass is 311 g/mol. The van der Waals surface area contributed by atoms with E-state index in [-0.39, 0.29) is 6.61 Å². The summed E-state index contributed by atoms with van der Waals surface area (Å²) in [5.41, 5.74) is 1.99. The molecule has 1 N–H and O–H groups in total. The number of nitrogens with zero attached hydrogens (tertiary/aromatic N) is 3. The van der Waals surface area contributed by atoms with Crippen LogP contribution < -0.4 is 4.74 Å². The highest BCUT2D eigenvalue weighted by Gasteiger charge is 2.08. The first-order chi connectivity index (χ1) is 11.3. The van der Waals surface area contributed by atoms with Gasteiger partial charge in [-0.25, -0.2) is 4.68 Å². The second kappa shape index (κ2) is 7.24. The standard InChI is InChI=1S/C18H21N3O2/c1-14-17(9-5-12-22)19-20-21(14)11-13-23-18-10-4-7-15-6-2-3-8-16(15)18/h2-4,6-8,10,22H,5,9,11-13H2,1H3. The Labute approximate surface area is 135 Å². The lowest BCUT2D eigenvalue weighted by Crippen LogP contribution is -2.11. The molecule has 0 saturated carbocycles. The molecule has 2 aromatic carbocycles. The molecule has 5 nitrogen and oxygen atoms in total. The molecular weight excluding hydrogens is 290 g/mol. The zero-order chi connectivity index (χ0) is 16.1. The molecule has 3 aromatic rings. The summed E-state index contributed by atoms with van der Waals surface area (Å²) in [6, 6.07) is 14.3. The number of aryl methyl sites for hydroxylation is 1. The van der Waals surface area contributed by atoms with Crippen LogP contribution in [0.2, 0.25) is 0 Å². The first-order valence-corrected chi connectivity index (χ1v) is 7.90. The molecule has 0 bridgehead atoms. The molecule has 120 valence electrons. The minimum absolute atomic E-state index is 0.177. The van der Waals surface area contributed by atoms with Crippen LogP contribution in [0.5, 0.6) is 5.75 Å². The summed E-state index contributed by atoms with van der Waals surface area (Å²) in [5.74, 6) is 0.890. The summed E-state index contributed by atoms with van der Waals surface area (Å²) < 4.78 is 7.80. The Hall–Kier alpha value is -2.40. The highest BCUT2D eigenvalue weighted by atomic mass is 16.5. The predicted octanol–water partition coefficient (Wildman–Crippen LogP) is 2.74.